The summed E-state index contributed by atoms with van der Waals surface area (Å²) in [6.45, 7) is 16.1. The van der Waals surface area contributed by atoms with Crippen LogP contribution in [0.15, 0.2) is 12.2 Å². The summed E-state index contributed by atoms with van der Waals surface area (Å²) >= 11 is 0. The molecule has 0 aromatic rings. The molecule has 0 spiro atoms. The fourth-order valence-corrected chi connectivity index (χ4v) is 5.10. The molecule has 0 bridgehead atoms. The van der Waals surface area contributed by atoms with Gasteiger partial charge < -0.3 is 4.90 Å². The second kappa shape index (κ2) is 31.7. The molecular formula is C34H71N. The van der Waals surface area contributed by atoms with Crippen molar-refractivity contribution in [2.45, 2.75) is 176 Å². The van der Waals surface area contributed by atoms with Crippen molar-refractivity contribution in [1.82, 2.24) is 4.90 Å². The third-order valence-corrected chi connectivity index (χ3v) is 7.43. The van der Waals surface area contributed by atoms with E-state index in [9.17, 15) is 0 Å². The Labute approximate surface area is 225 Å². The van der Waals surface area contributed by atoms with Crippen LogP contribution in [0.4, 0.5) is 0 Å². The van der Waals surface area contributed by atoms with Crippen LogP contribution in [0.5, 0.6) is 0 Å². The minimum atomic E-state index is 0.860. The summed E-state index contributed by atoms with van der Waals surface area (Å²) in [5.74, 6) is 1.72. The van der Waals surface area contributed by atoms with E-state index in [2.05, 4.69) is 39.6 Å². The topological polar surface area (TPSA) is 3.24 Å². The molecule has 0 amide bonds. The Bertz CT molecular complexity index is 384. The fraction of sp³-hybridized carbons (Fsp3) is 0.941. The zero-order valence-corrected chi connectivity index (χ0v) is 26.0. The normalized spacial score (nSPS) is 13.3. The van der Waals surface area contributed by atoms with E-state index in [1.807, 2.05) is 26.0 Å². The number of hydrogen-bond acceptors (Lipinski definition) is 1. The number of rotatable bonds is 25. The van der Waals surface area contributed by atoms with Gasteiger partial charge in [-0.25, -0.2) is 0 Å². The van der Waals surface area contributed by atoms with Crippen LogP contribution in [0, 0.1) is 11.8 Å². The van der Waals surface area contributed by atoms with E-state index in [-0.39, 0.29) is 0 Å². The summed E-state index contributed by atoms with van der Waals surface area (Å²) in [7, 11) is 2.35. The lowest BCUT2D eigenvalue weighted by molar-refractivity contribution is 0.235. The van der Waals surface area contributed by atoms with Crippen molar-refractivity contribution in [3.8, 4) is 0 Å². The van der Waals surface area contributed by atoms with Gasteiger partial charge in [0.2, 0.25) is 0 Å². The average molecular weight is 494 g/mol. The van der Waals surface area contributed by atoms with Gasteiger partial charge in [-0.1, -0.05) is 162 Å². The van der Waals surface area contributed by atoms with Crippen LogP contribution in [-0.4, -0.2) is 25.0 Å². The first-order valence-corrected chi connectivity index (χ1v) is 16.3. The van der Waals surface area contributed by atoms with Crippen molar-refractivity contribution in [2.24, 2.45) is 11.8 Å². The van der Waals surface area contributed by atoms with E-state index in [4.69, 9.17) is 0 Å². The third-order valence-electron chi connectivity index (χ3n) is 7.43. The summed E-state index contributed by atoms with van der Waals surface area (Å²) in [6, 6.07) is 0. The lowest BCUT2D eigenvalue weighted by Crippen LogP contribution is -2.29. The third kappa shape index (κ3) is 33.7. The van der Waals surface area contributed by atoms with E-state index in [0.717, 1.165) is 11.8 Å². The van der Waals surface area contributed by atoms with Crippen molar-refractivity contribution < 1.29 is 0 Å². The van der Waals surface area contributed by atoms with Gasteiger partial charge in [0.15, 0.2) is 0 Å². The maximum Gasteiger partial charge on any atom is 0.000408 e. The lowest BCUT2D eigenvalue weighted by Gasteiger charge is -2.24. The average Bonchev–Trinajstić information content (AvgIpc) is 2.84. The molecule has 2 unspecified atom stereocenters. The van der Waals surface area contributed by atoms with Crippen molar-refractivity contribution in [1.29, 1.82) is 0 Å². The van der Waals surface area contributed by atoms with Gasteiger partial charge in [-0.05, 0) is 45.6 Å². The predicted molar refractivity (Wildman–Crippen MR) is 165 cm³/mol. The highest BCUT2D eigenvalue weighted by atomic mass is 15.1. The maximum absolute atomic E-state index is 2.61. The Hall–Kier alpha value is -0.300. The van der Waals surface area contributed by atoms with Gasteiger partial charge in [0.25, 0.3) is 0 Å². The molecule has 0 aromatic carbocycles. The van der Waals surface area contributed by atoms with Crippen LogP contribution in [0.2, 0.25) is 0 Å². The van der Waals surface area contributed by atoms with E-state index in [0.29, 0.717) is 0 Å². The van der Waals surface area contributed by atoms with E-state index in [1.165, 1.54) is 148 Å². The summed E-state index contributed by atoms with van der Waals surface area (Å²) < 4.78 is 0. The Kier molecular flexibility index (Phi) is 33.4. The zero-order valence-electron chi connectivity index (χ0n) is 26.0. The maximum atomic E-state index is 2.61. The van der Waals surface area contributed by atoms with Gasteiger partial charge in [0.05, 0.1) is 0 Å². The van der Waals surface area contributed by atoms with E-state index < -0.39 is 0 Å². The molecule has 2 atom stereocenters. The van der Waals surface area contributed by atoms with E-state index >= 15 is 0 Å². The Morgan fingerprint density at radius 1 is 0.457 bits per heavy atom. The molecule has 212 valence electrons. The molecule has 0 saturated carbocycles. The number of nitrogens with zero attached hydrogens (tertiary/aromatic N) is 1. The smallest absolute Gasteiger partial charge is 0.000408 e. The first kappa shape index (κ1) is 36.9. The highest BCUT2D eigenvalue weighted by molar-refractivity contribution is 4.68. The van der Waals surface area contributed by atoms with Crippen LogP contribution in [0.3, 0.4) is 0 Å². The second-order valence-electron chi connectivity index (χ2n) is 11.7. The largest absolute Gasteiger partial charge is 0.306 e. The molecule has 35 heavy (non-hydrogen) atoms. The van der Waals surface area contributed by atoms with Crippen molar-refractivity contribution in [2.75, 3.05) is 20.1 Å². The molecule has 1 heteroatoms. The minimum absolute atomic E-state index is 0.860. The van der Waals surface area contributed by atoms with Crippen molar-refractivity contribution in [3.05, 3.63) is 12.2 Å². The minimum Gasteiger partial charge on any atom is -0.306 e. The number of hydrogen-bond donors (Lipinski definition) is 0. The highest BCUT2D eigenvalue weighted by Gasteiger charge is 2.10. The van der Waals surface area contributed by atoms with Gasteiger partial charge in [0.1, 0.15) is 0 Å². The quantitative estimate of drug-likeness (QED) is 0.0902. The van der Waals surface area contributed by atoms with Crippen LogP contribution in [0.1, 0.15) is 176 Å². The van der Waals surface area contributed by atoms with E-state index in [1.54, 1.807) is 0 Å². The van der Waals surface area contributed by atoms with Crippen LogP contribution in [0.25, 0.3) is 0 Å². The zero-order chi connectivity index (χ0) is 26.4. The second-order valence-corrected chi connectivity index (χ2v) is 11.7. The summed E-state index contributed by atoms with van der Waals surface area (Å²) in [6.07, 6.45) is 34.4. The van der Waals surface area contributed by atoms with Crippen LogP contribution < -0.4 is 0 Å². The first-order valence-electron chi connectivity index (χ1n) is 16.3. The summed E-state index contributed by atoms with van der Waals surface area (Å²) in [5.41, 5.74) is 0. The molecule has 0 aliphatic rings. The van der Waals surface area contributed by atoms with Crippen molar-refractivity contribution >= 4 is 0 Å². The molecule has 0 heterocycles. The van der Waals surface area contributed by atoms with Crippen LogP contribution >= 0.6 is 0 Å². The van der Waals surface area contributed by atoms with Crippen LogP contribution in [-0.2, 0) is 0 Å². The Morgan fingerprint density at radius 2 is 0.714 bits per heavy atom. The lowest BCUT2D eigenvalue weighted by atomic mass is 9.99. The number of unbranched alkanes of at least 4 members (excludes halogenated alkanes) is 17. The Morgan fingerprint density at radius 3 is 0.971 bits per heavy atom. The molecule has 0 aromatic heterocycles. The van der Waals surface area contributed by atoms with Crippen molar-refractivity contribution in [3.63, 3.8) is 0 Å². The summed E-state index contributed by atoms with van der Waals surface area (Å²) in [5, 5.41) is 0. The molecule has 0 saturated heterocycles. The molecule has 0 fully saturated rings. The molecule has 0 N–H and O–H groups in total. The molecule has 0 radical (unpaired) electrons. The summed E-state index contributed by atoms with van der Waals surface area (Å²) in [4.78, 5) is 2.61. The molecular weight excluding hydrogens is 422 g/mol. The predicted octanol–water partition coefficient (Wildman–Crippen LogP) is 12.0. The molecule has 0 aliphatic carbocycles. The Balaban J connectivity index is 0. The molecule has 0 rings (SSSR count). The molecule has 0 aliphatic heterocycles. The van der Waals surface area contributed by atoms with Gasteiger partial charge >= 0.3 is 0 Å². The standard InChI is InChI=1S/C30H63N.C4H8/c1-6-8-10-12-14-15-16-17-18-20-22-24-26-30(4)28-31(5)27-29(3)25-23-21-19-13-11-9-7-2;1-3-4-2/h29-30H,6-28H2,1-5H3;3-4H,1-2H3/b;4-3+. The first-order chi connectivity index (χ1) is 17.0. The van der Waals surface area contributed by atoms with Gasteiger partial charge in [0, 0.05) is 13.1 Å². The van der Waals surface area contributed by atoms with Gasteiger partial charge in [-0.2, -0.15) is 0 Å². The monoisotopic (exact) mass is 494 g/mol. The van der Waals surface area contributed by atoms with Gasteiger partial charge in [-0.3, -0.25) is 0 Å². The fourth-order valence-electron chi connectivity index (χ4n) is 5.10. The SMILES string of the molecule is C/C=C/C.CCCCCCCCCCCCCCC(C)CN(C)CC(C)CCCCCCCCC. The van der Waals surface area contributed by atoms with Gasteiger partial charge in [-0.15, -0.1) is 0 Å². The molecule has 1 nitrogen and oxygen atoms in total. The number of allylic oxidation sites excluding steroid dienone is 2. The highest BCUT2D eigenvalue weighted by Crippen LogP contribution is 2.17.